The van der Waals surface area contributed by atoms with Crippen LogP contribution in [-0.2, 0) is 19.9 Å². The van der Waals surface area contributed by atoms with E-state index in [-0.39, 0.29) is 37.7 Å². The first-order chi connectivity index (χ1) is 12.0. The number of ether oxygens (including phenoxy) is 2. The van der Waals surface area contributed by atoms with E-state index in [0.717, 1.165) is 0 Å². The average molecular weight is 345 g/mol. The van der Waals surface area contributed by atoms with Gasteiger partial charge in [-0.15, -0.1) is 0 Å². The molecule has 3 atom stereocenters. The highest BCUT2D eigenvalue weighted by atomic mass is 16.6. The van der Waals surface area contributed by atoms with Crippen LogP contribution in [0, 0.1) is 11.3 Å². The van der Waals surface area contributed by atoms with E-state index in [9.17, 15) is 15.2 Å². The van der Waals surface area contributed by atoms with Gasteiger partial charge < -0.3 is 20.3 Å². The van der Waals surface area contributed by atoms with Gasteiger partial charge in [-0.05, 0) is 12.1 Å². The number of rotatable bonds is 4. The fourth-order valence-electron chi connectivity index (χ4n) is 3.04. The molecule has 9 nitrogen and oxygen atoms in total. The largest absolute Gasteiger partial charge is 0.463 e. The molecule has 1 aliphatic heterocycles. The number of hydrogen-bond acceptors (Lipinski definition) is 8. The molecule has 2 aromatic heterocycles. The van der Waals surface area contributed by atoms with Crippen molar-refractivity contribution >= 4 is 17.3 Å². The van der Waals surface area contributed by atoms with E-state index >= 15 is 0 Å². The molecule has 132 valence electrons. The number of nitrogens with zero attached hydrogens (tertiary/aromatic N) is 4. The molecule has 1 saturated heterocycles. The SMILES string of the molecule is CCC(=O)OC[C@@H]1C[C@@H](O)C[C@](C#N)(c2ccc3c(N)ncnn23)O1. The molecule has 2 aromatic rings. The summed E-state index contributed by atoms with van der Waals surface area (Å²) in [5, 5.41) is 24.2. The Kier molecular flexibility index (Phi) is 4.57. The van der Waals surface area contributed by atoms with E-state index in [2.05, 4.69) is 16.2 Å². The van der Waals surface area contributed by atoms with E-state index in [4.69, 9.17) is 15.2 Å². The van der Waals surface area contributed by atoms with Crippen LogP contribution in [0.25, 0.3) is 5.52 Å². The molecule has 3 N–H and O–H groups in total. The van der Waals surface area contributed by atoms with Gasteiger partial charge in [0.05, 0.1) is 17.9 Å². The lowest BCUT2D eigenvalue weighted by Gasteiger charge is -2.38. The Bertz CT molecular complexity index is 830. The van der Waals surface area contributed by atoms with Crippen LogP contribution in [0.3, 0.4) is 0 Å². The average Bonchev–Trinajstić information content (AvgIpc) is 3.05. The first-order valence-corrected chi connectivity index (χ1v) is 8.00. The highest BCUT2D eigenvalue weighted by Crippen LogP contribution is 2.38. The van der Waals surface area contributed by atoms with Crippen molar-refractivity contribution in [2.45, 2.75) is 44.0 Å². The van der Waals surface area contributed by atoms with E-state index in [1.54, 1.807) is 19.1 Å². The van der Waals surface area contributed by atoms with Gasteiger partial charge in [0.25, 0.3) is 0 Å². The normalized spacial score (nSPS) is 26.3. The molecule has 0 bridgehead atoms. The first kappa shape index (κ1) is 17.1. The molecular formula is C16H19N5O4. The summed E-state index contributed by atoms with van der Waals surface area (Å²) in [4.78, 5) is 15.3. The van der Waals surface area contributed by atoms with E-state index in [1.807, 2.05) is 0 Å². The molecule has 0 amide bonds. The van der Waals surface area contributed by atoms with Gasteiger partial charge in [-0.25, -0.2) is 9.50 Å². The number of hydrogen-bond donors (Lipinski definition) is 2. The van der Waals surface area contributed by atoms with Crippen LogP contribution < -0.4 is 5.73 Å². The van der Waals surface area contributed by atoms with Crippen LogP contribution in [0.15, 0.2) is 18.5 Å². The van der Waals surface area contributed by atoms with E-state index < -0.39 is 17.8 Å². The quantitative estimate of drug-likeness (QED) is 0.766. The number of aliphatic hydroxyl groups is 1. The number of fused-ring (bicyclic) bond motifs is 1. The third kappa shape index (κ3) is 3.14. The Labute approximate surface area is 144 Å². The number of aliphatic hydroxyl groups excluding tert-OH is 1. The van der Waals surface area contributed by atoms with Gasteiger partial charge in [0, 0.05) is 19.3 Å². The summed E-state index contributed by atoms with van der Waals surface area (Å²) >= 11 is 0. The van der Waals surface area contributed by atoms with Crippen molar-refractivity contribution in [1.29, 1.82) is 5.26 Å². The van der Waals surface area contributed by atoms with Crippen LogP contribution in [0.4, 0.5) is 5.82 Å². The predicted octanol–water partition coefficient (Wildman–Crippen LogP) is 0.523. The molecule has 1 fully saturated rings. The fourth-order valence-corrected chi connectivity index (χ4v) is 3.04. The third-order valence-electron chi connectivity index (χ3n) is 4.22. The van der Waals surface area contributed by atoms with Crippen molar-refractivity contribution < 1.29 is 19.4 Å². The second-order valence-electron chi connectivity index (χ2n) is 5.97. The number of esters is 1. The Balaban J connectivity index is 1.94. The molecule has 25 heavy (non-hydrogen) atoms. The number of nitrogens with two attached hydrogens (primary N) is 1. The lowest BCUT2D eigenvalue weighted by Crippen LogP contribution is -2.46. The maximum Gasteiger partial charge on any atom is 0.305 e. The van der Waals surface area contributed by atoms with Gasteiger partial charge in [0.15, 0.2) is 11.4 Å². The molecule has 0 saturated carbocycles. The molecule has 0 aromatic carbocycles. The predicted molar refractivity (Wildman–Crippen MR) is 86.1 cm³/mol. The van der Waals surface area contributed by atoms with Gasteiger partial charge in [0.2, 0.25) is 0 Å². The third-order valence-corrected chi connectivity index (χ3v) is 4.22. The molecule has 3 heterocycles. The second kappa shape index (κ2) is 6.66. The topological polar surface area (TPSA) is 136 Å². The van der Waals surface area contributed by atoms with Gasteiger partial charge >= 0.3 is 5.97 Å². The maximum atomic E-state index is 11.4. The minimum Gasteiger partial charge on any atom is -0.463 e. The lowest BCUT2D eigenvalue weighted by atomic mass is 9.88. The minimum atomic E-state index is -1.42. The second-order valence-corrected chi connectivity index (χ2v) is 5.97. The fraction of sp³-hybridized carbons (Fsp3) is 0.500. The van der Waals surface area contributed by atoms with Crippen molar-refractivity contribution in [3.63, 3.8) is 0 Å². The van der Waals surface area contributed by atoms with E-state index in [0.29, 0.717) is 11.2 Å². The van der Waals surface area contributed by atoms with Crippen molar-refractivity contribution in [2.24, 2.45) is 0 Å². The zero-order chi connectivity index (χ0) is 18.0. The summed E-state index contributed by atoms with van der Waals surface area (Å²) in [7, 11) is 0. The first-order valence-electron chi connectivity index (χ1n) is 8.00. The lowest BCUT2D eigenvalue weighted by molar-refractivity contribution is -0.171. The number of carbonyl (C=O) groups is 1. The molecule has 0 radical (unpaired) electrons. The summed E-state index contributed by atoms with van der Waals surface area (Å²) in [5.41, 5.74) is 5.40. The molecule has 1 aliphatic rings. The Morgan fingerprint density at radius 1 is 1.64 bits per heavy atom. The zero-order valence-electron chi connectivity index (χ0n) is 13.8. The maximum absolute atomic E-state index is 11.4. The van der Waals surface area contributed by atoms with Crippen LogP contribution in [0.5, 0.6) is 0 Å². The smallest absolute Gasteiger partial charge is 0.305 e. The van der Waals surface area contributed by atoms with Crippen molar-refractivity contribution in [3.8, 4) is 6.07 Å². The number of nitriles is 1. The highest BCUT2D eigenvalue weighted by Gasteiger charge is 2.45. The zero-order valence-corrected chi connectivity index (χ0v) is 13.8. The highest BCUT2D eigenvalue weighted by molar-refractivity contribution is 5.68. The standard InChI is InChI=1S/C16H19N5O4/c1-2-14(23)24-7-11-5-10(22)6-16(8-17,25-11)13-4-3-12-15(18)19-9-20-21(12)13/h3-4,9-11,22H,2,5-7H2,1H3,(H2,18,19,20)/t10-,11+,16+/m1/s1. The van der Waals surface area contributed by atoms with Gasteiger partial charge in [-0.3, -0.25) is 4.79 Å². The Morgan fingerprint density at radius 3 is 3.16 bits per heavy atom. The number of carbonyl (C=O) groups excluding carboxylic acids is 1. The van der Waals surface area contributed by atoms with Crippen LogP contribution in [0.2, 0.25) is 0 Å². The summed E-state index contributed by atoms with van der Waals surface area (Å²) in [6.45, 7) is 1.67. The van der Waals surface area contributed by atoms with Crippen molar-refractivity contribution in [1.82, 2.24) is 14.6 Å². The summed E-state index contributed by atoms with van der Waals surface area (Å²) in [5.74, 6) is -0.0843. The molecule has 0 aliphatic carbocycles. The number of anilines is 1. The molecule has 0 unspecified atom stereocenters. The van der Waals surface area contributed by atoms with Crippen LogP contribution in [0.1, 0.15) is 31.9 Å². The molecule has 0 spiro atoms. The summed E-state index contributed by atoms with van der Waals surface area (Å²) < 4.78 is 12.5. The Hall–Kier alpha value is -2.70. The monoisotopic (exact) mass is 345 g/mol. The summed E-state index contributed by atoms with van der Waals surface area (Å²) in [6, 6.07) is 5.52. The van der Waals surface area contributed by atoms with Crippen LogP contribution in [-0.4, -0.2) is 44.5 Å². The number of nitrogen functional groups attached to an aromatic ring is 1. The minimum absolute atomic E-state index is 0.0202. The molecule has 9 heteroatoms. The van der Waals surface area contributed by atoms with Crippen molar-refractivity contribution in [2.75, 3.05) is 12.3 Å². The van der Waals surface area contributed by atoms with Crippen molar-refractivity contribution in [3.05, 3.63) is 24.2 Å². The van der Waals surface area contributed by atoms with Crippen LogP contribution >= 0.6 is 0 Å². The van der Waals surface area contributed by atoms with Gasteiger partial charge in [0.1, 0.15) is 24.5 Å². The molecule has 3 rings (SSSR count). The van der Waals surface area contributed by atoms with Gasteiger partial charge in [-0.2, -0.15) is 10.4 Å². The molecular weight excluding hydrogens is 326 g/mol. The summed E-state index contributed by atoms with van der Waals surface area (Å²) in [6.07, 6.45) is 0.528. The number of aromatic nitrogens is 3. The Morgan fingerprint density at radius 2 is 2.44 bits per heavy atom. The van der Waals surface area contributed by atoms with Gasteiger partial charge in [-0.1, -0.05) is 6.92 Å². The van der Waals surface area contributed by atoms with E-state index in [1.165, 1.54) is 10.8 Å².